The first kappa shape index (κ1) is 15.8. The van der Waals surface area contributed by atoms with Crippen molar-refractivity contribution in [1.82, 2.24) is 10.3 Å². The quantitative estimate of drug-likeness (QED) is 0.874. The fraction of sp³-hybridized carbons (Fsp3) is 0.533. The Balaban J connectivity index is 1.92. The van der Waals surface area contributed by atoms with E-state index in [2.05, 4.69) is 17.2 Å². The number of carbonyl (C=O) groups excluding carboxylic acids is 1. The fourth-order valence-corrected chi connectivity index (χ4v) is 3.76. The van der Waals surface area contributed by atoms with Gasteiger partial charge in [0.1, 0.15) is 5.69 Å². The summed E-state index contributed by atoms with van der Waals surface area (Å²) < 4.78 is 0. The topological polar surface area (TPSA) is 79.3 Å². The van der Waals surface area contributed by atoms with Crippen LogP contribution in [-0.2, 0) is 0 Å². The molecule has 21 heavy (non-hydrogen) atoms. The van der Waals surface area contributed by atoms with Crippen molar-refractivity contribution in [2.75, 3.05) is 5.75 Å². The third-order valence-electron chi connectivity index (χ3n) is 3.61. The number of nitrogens with zero attached hydrogens (tertiary/aromatic N) is 1. The number of rotatable bonds is 5. The zero-order valence-electron chi connectivity index (χ0n) is 12.0. The summed E-state index contributed by atoms with van der Waals surface area (Å²) in [6, 6.07) is 3.07. The van der Waals surface area contributed by atoms with Gasteiger partial charge in [-0.25, -0.2) is 9.78 Å². The molecule has 1 aliphatic rings. The Bertz CT molecular complexity index is 502. The molecule has 1 aliphatic carbocycles. The Morgan fingerprint density at radius 3 is 2.86 bits per heavy atom. The number of pyridine rings is 1. The fourth-order valence-electron chi connectivity index (χ4n) is 2.59. The molecule has 0 bridgehead atoms. The molecule has 0 radical (unpaired) electrons. The van der Waals surface area contributed by atoms with Crippen LogP contribution in [0.1, 0.15) is 53.5 Å². The normalized spacial score (nSPS) is 21.8. The van der Waals surface area contributed by atoms with Crippen molar-refractivity contribution in [2.24, 2.45) is 0 Å². The predicted molar refractivity (Wildman–Crippen MR) is 82.8 cm³/mol. The minimum Gasteiger partial charge on any atom is -0.477 e. The number of hydrogen-bond donors (Lipinski definition) is 2. The van der Waals surface area contributed by atoms with Crippen molar-refractivity contribution in [3.05, 3.63) is 29.6 Å². The van der Waals surface area contributed by atoms with Crippen molar-refractivity contribution in [3.63, 3.8) is 0 Å². The molecule has 1 heterocycles. The van der Waals surface area contributed by atoms with Crippen LogP contribution < -0.4 is 5.32 Å². The van der Waals surface area contributed by atoms with Crippen LogP contribution in [-0.4, -0.2) is 39.0 Å². The molecule has 1 aromatic rings. The molecule has 0 aromatic carbocycles. The summed E-state index contributed by atoms with van der Waals surface area (Å²) in [5, 5.41) is 12.4. The lowest BCUT2D eigenvalue weighted by molar-refractivity contribution is 0.0689. The van der Waals surface area contributed by atoms with Crippen LogP contribution in [0.3, 0.4) is 0 Å². The highest BCUT2D eigenvalue weighted by molar-refractivity contribution is 7.99. The zero-order chi connectivity index (χ0) is 15.2. The van der Waals surface area contributed by atoms with Crippen molar-refractivity contribution in [1.29, 1.82) is 0 Å². The summed E-state index contributed by atoms with van der Waals surface area (Å²) in [7, 11) is 0. The van der Waals surface area contributed by atoms with Crippen molar-refractivity contribution in [3.8, 4) is 0 Å². The van der Waals surface area contributed by atoms with Gasteiger partial charge in [-0.2, -0.15) is 11.8 Å². The average Bonchev–Trinajstić information content (AvgIpc) is 2.48. The maximum atomic E-state index is 12.2. The molecule has 5 nitrogen and oxygen atoms in total. The second kappa shape index (κ2) is 7.45. The first-order valence-corrected chi connectivity index (χ1v) is 8.26. The molecule has 1 aromatic heterocycles. The first-order valence-electron chi connectivity index (χ1n) is 7.22. The highest BCUT2D eigenvalue weighted by Crippen LogP contribution is 2.28. The third-order valence-corrected chi connectivity index (χ3v) is 4.84. The van der Waals surface area contributed by atoms with E-state index < -0.39 is 5.97 Å². The number of thioether (sulfide) groups is 1. The Morgan fingerprint density at radius 2 is 2.24 bits per heavy atom. The van der Waals surface area contributed by atoms with E-state index in [0.29, 0.717) is 10.8 Å². The molecular formula is C15H20N2O3S. The number of carboxylic acid groups (broad SMARTS) is 1. The van der Waals surface area contributed by atoms with Crippen LogP contribution in [0.2, 0.25) is 0 Å². The average molecular weight is 308 g/mol. The Labute approximate surface area is 128 Å². The second-order valence-electron chi connectivity index (χ2n) is 5.15. The number of nitrogens with one attached hydrogen (secondary N) is 1. The molecule has 0 aliphatic heterocycles. The number of aromatic carboxylic acids is 1. The van der Waals surface area contributed by atoms with E-state index in [9.17, 15) is 9.59 Å². The minimum atomic E-state index is -1.09. The Morgan fingerprint density at radius 1 is 1.43 bits per heavy atom. The molecule has 0 saturated heterocycles. The van der Waals surface area contributed by atoms with Crippen molar-refractivity contribution in [2.45, 2.75) is 43.9 Å². The van der Waals surface area contributed by atoms with E-state index in [0.717, 1.165) is 25.0 Å². The summed E-state index contributed by atoms with van der Waals surface area (Å²) in [4.78, 5) is 26.7. The minimum absolute atomic E-state index is 0.0522. The van der Waals surface area contributed by atoms with Gasteiger partial charge in [0.15, 0.2) is 0 Å². The summed E-state index contributed by atoms with van der Waals surface area (Å²) >= 11 is 1.96. The molecule has 2 unspecified atom stereocenters. The maximum absolute atomic E-state index is 12.2. The van der Waals surface area contributed by atoms with Crippen LogP contribution >= 0.6 is 11.8 Å². The third kappa shape index (κ3) is 4.46. The molecule has 1 amide bonds. The van der Waals surface area contributed by atoms with E-state index in [1.807, 2.05) is 11.8 Å². The molecule has 1 fully saturated rings. The number of carboxylic acids is 1. The van der Waals surface area contributed by atoms with Crippen molar-refractivity contribution >= 4 is 23.6 Å². The number of carbonyl (C=O) groups is 2. The Hall–Kier alpha value is -1.56. The van der Waals surface area contributed by atoms with Crippen LogP contribution in [0, 0.1) is 0 Å². The van der Waals surface area contributed by atoms with Gasteiger partial charge in [-0.05, 0) is 37.1 Å². The highest BCUT2D eigenvalue weighted by atomic mass is 32.2. The largest absolute Gasteiger partial charge is 0.477 e. The van der Waals surface area contributed by atoms with Crippen LogP contribution in [0.25, 0.3) is 0 Å². The standard InChI is InChI=1S/C15H20N2O3S/c1-2-21-12-5-3-4-11(8-12)17-14(18)10-6-7-13(15(19)20)16-9-10/h6-7,9,11-12H,2-5,8H2,1H3,(H,17,18)(H,19,20). The lowest BCUT2D eigenvalue weighted by Crippen LogP contribution is -2.39. The highest BCUT2D eigenvalue weighted by Gasteiger charge is 2.23. The van der Waals surface area contributed by atoms with E-state index in [4.69, 9.17) is 5.11 Å². The van der Waals surface area contributed by atoms with E-state index >= 15 is 0 Å². The van der Waals surface area contributed by atoms with Gasteiger partial charge in [0.25, 0.3) is 5.91 Å². The Kier molecular flexibility index (Phi) is 5.61. The van der Waals surface area contributed by atoms with Gasteiger partial charge in [0, 0.05) is 17.5 Å². The lowest BCUT2D eigenvalue weighted by atomic mass is 9.94. The second-order valence-corrected chi connectivity index (χ2v) is 6.73. The van der Waals surface area contributed by atoms with E-state index in [1.54, 1.807) is 0 Å². The smallest absolute Gasteiger partial charge is 0.354 e. The molecule has 6 heteroatoms. The molecule has 0 spiro atoms. The van der Waals surface area contributed by atoms with E-state index in [-0.39, 0.29) is 17.6 Å². The summed E-state index contributed by atoms with van der Waals surface area (Å²) in [6.45, 7) is 2.16. The lowest BCUT2D eigenvalue weighted by Gasteiger charge is -2.29. The van der Waals surface area contributed by atoms with Gasteiger partial charge >= 0.3 is 5.97 Å². The predicted octanol–water partition coefficient (Wildman–Crippen LogP) is 2.57. The zero-order valence-corrected chi connectivity index (χ0v) is 12.9. The van der Waals surface area contributed by atoms with Gasteiger partial charge < -0.3 is 10.4 Å². The monoisotopic (exact) mass is 308 g/mol. The van der Waals surface area contributed by atoms with Crippen LogP contribution in [0.4, 0.5) is 0 Å². The van der Waals surface area contributed by atoms with Crippen molar-refractivity contribution < 1.29 is 14.7 Å². The van der Waals surface area contributed by atoms with Crippen LogP contribution in [0.15, 0.2) is 18.3 Å². The summed E-state index contributed by atoms with van der Waals surface area (Å²) in [6.07, 6.45) is 5.69. The SMILES string of the molecule is CCSC1CCCC(NC(=O)c2ccc(C(=O)O)nc2)C1. The van der Waals surface area contributed by atoms with Gasteiger partial charge in [-0.15, -0.1) is 0 Å². The van der Waals surface area contributed by atoms with Gasteiger partial charge in [0.05, 0.1) is 5.56 Å². The number of hydrogen-bond acceptors (Lipinski definition) is 4. The summed E-state index contributed by atoms with van der Waals surface area (Å²) in [5.41, 5.74) is 0.355. The molecule has 114 valence electrons. The maximum Gasteiger partial charge on any atom is 0.354 e. The molecule has 2 atom stereocenters. The number of aromatic nitrogens is 1. The van der Waals surface area contributed by atoms with Gasteiger partial charge in [-0.3, -0.25) is 4.79 Å². The van der Waals surface area contributed by atoms with E-state index in [1.165, 1.54) is 24.8 Å². The molecule has 1 saturated carbocycles. The van der Waals surface area contributed by atoms with Gasteiger partial charge in [-0.1, -0.05) is 13.3 Å². The van der Waals surface area contributed by atoms with Gasteiger partial charge in [0.2, 0.25) is 0 Å². The summed E-state index contributed by atoms with van der Waals surface area (Å²) in [5.74, 6) is -0.161. The molecular weight excluding hydrogens is 288 g/mol. The molecule has 2 rings (SSSR count). The first-order chi connectivity index (χ1) is 10.1. The van der Waals surface area contributed by atoms with Crippen LogP contribution in [0.5, 0.6) is 0 Å². The molecule has 2 N–H and O–H groups in total. The number of amides is 1.